The van der Waals surface area contributed by atoms with Crippen LogP contribution in [0.1, 0.15) is 45.6 Å². The summed E-state index contributed by atoms with van der Waals surface area (Å²) < 4.78 is 0. The molecule has 4 nitrogen and oxygen atoms in total. The molecule has 0 aliphatic carbocycles. The zero-order valence-corrected chi connectivity index (χ0v) is 13.4. The zero-order valence-electron chi connectivity index (χ0n) is 13.4. The molecule has 1 aromatic carbocycles. The number of hydrogen-bond acceptors (Lipinski definition) is 3. The van der Waals surface area contributed by atoms with E-state index in [1.54, 1.807) is 0 Å². The summed E-state index contributed by atoms with van der Waals surface area (Å²) in [5.74, 6) is 0.777. The molecule has 1 aliphatic rings. The molecule has 1 aromatic rings. The summed E-state index contributed by atoms with van der Waals surface area (Å²) in [6, 6.07) is 4.08. The van der Waals surface area contributed by atoms with Crippen LogP contribution in [0.2, 0.25) is 0 Å². The summed E-state index contributed by atoms with van der Waals surface area (Å²) in [6.07, 6.45) is 3.74. The Balaban J connectivity index is 2.27. The van der Waals surface area contributed by atoms with Crippen molar-refractivity contribution in [3.63, 3.8) is 0 Å². The number of rotatable bonds is 6. The molecule has 0 atom stereocenters. The van der Waals surface area contributed by atoms with Gasteiger partial charge in [-0.1, -0.05) is 26.7 Å². The molecule has 0 unspecified atom stereocenters. The molecule has 0 fully saturated rings. The number of benzene rings is 1. The molecule has 0 radical (unpaired) electrons. The van der Waals surface area contributed by atoms with Crippen LogP contribution in [-0.4, -0.2) is 19.0 Å². The molecule has 1 aliphatic heterocycles. The molecule has 1 heterocycles. The number of fused-ring (bicyclic) bond motifs is 1. The van der Waals surface area contributed by atoms with Crippen LogP contribution in [-0.2, 0) is 11.2 Å². The number of hydrogen-bond donors (Lipinski definition) is 2. The molecule has 116 valence electrons. The third-order valence-corrected chi connectivity index (χ3v) is 4.50. The topological polar surface area (TPSA) is 58.4 Å². The van der Waals surface area contributed by atoms with Crippen molar-refractivity contribution < 1.29 is 4.79 Å². The van der Waals surface area contributed by atoms with Crippen LogP contribution in [0.4, 0.5) is 17.1 Å². The van der Waals surface area contributed by atoms with Crippen molar-refractivity contribution in [1.29, 1.82) is 0 Å². The summed E-state index contributed by atoms with van der Waals surface area (Å²) >= 11 is 0. The van der Waals surface area contributed by atoms with Gasteiger partial charge in [0.15, 0.2) is 0 Å². The molecule has 0 saturated heterocycles. The number of anilines is 3. The summed E-state index contributed by atoms with van der Waals surface area (Å²) in [5, 5.41) is 2.91. The zero-order chi connectivity index (χ0) is 15.4. The minimum atomic E-state index is 0.0824. The first kappa shape index (κ1) is 15.7. The van der Waals surface area contributed by atoms with Crippen molar-refractivity contribution in [2.45, 2.75) is 46.5 Å². The van der Waals surface area contributed by atoms with E-state index in [0.717, 1.165) is 36.6 Å². The van der Waals surface area contributed by atoms with Crippen molar-refractivity contribution in [3.8, 4) is 0 Å². The molecular weight excluding hydrogens is 262 g/mol. The SMILES string of the molecule is CCC(CC)CN(CC)c1cc2c(cc1N)NC(=O)CC2. The van der Waals surface area contributed by atoms with E-state index in [2.05, 4.69) is 37.1 Å². The van der Waals surface area contributed by atoms with Gasteiger partial charge >= 0.3 is 0 Å². The molecule has 0 bridgehead atoms. The number of nitrogen functional groups attached to an aromatic ring is 1. The molecule has 0 saturated carbocycles. The highest BCUT2D eigenvalue weighted by Crippen LogP contribution is 2.33. The Bertz CT molecular complexity index is 509. The molecule has 4 heteroatoms. The number of carbonyl (C=O) groups is 1. The number of nitrogens with one attached hydrogen (secondary N) is 1. The number of amides is 1. The van der Waals surface area contributed by atoms with Gasteiger partial charge in [0.05, 0.1) is 11.4 Å². The second-order valence-electron chi connectivity index (χ2n) is 5.84. The normalized spacial score (nSPS) is 14.0. The quantitative estimate of drug-likeness (QED) is 0.789. The number of carbonyl (C=O) groups excluding carboxylic acids is 1. The lowest BCUT2D eigenvalue weighted by atomic mass is 9.99. The maximum absolute atomic E-state index is 11.5. The molecular formula is C17H27N3O. The summed E-state index contributed by atoms with van der Waals surface area (Å²) in [6.45, 7) is 8.65. The highest BCUT2D eigenvalue weighted by atomic mass is 16.1. The Morgan fingerprint density at radius 1 is 1.24 bits per heavy atom. The standard InChI is InChI=1S/C17H27N3O/c1-4-12(5-2)11-20(6-3)16-9-13-7-8-17(21)19-15(13)10-14(16)18/h9-10,12H,4-8,11,18H2,1-3H3,(H,19,21). The van der Waals surface area contributed by atoms with E-state index in [1.807, 2.05) is 6.07 Å². The van der Waals surface area contributed by atoms with Crippen LogP contribution in [0.5, 0.6) is 0 Å². The van der Waals surface area contributed by atoms with Gasteiger partial charge in [0.2, 0.25) is 5.91 Å². The first-order valence-electron chi connectivity index (χ1n) is 8.06. The second-order valence-corrected chi connectivity index (χ2v) is 5.84. The molecule has 21 heavy (non-hydrogen) atoms. The lowest BCUT2D eigenvalue weighted by Crippen LogP contribution is -2.30. The van der Waals surface area contributed by atoms with Crippen LogP contribution in [0.15, 0.2) is 12.1 Å². The fraction of sp³-hybridized carbons (Fsp3) is 0.588. The van der Waals surface area contributed by atoms with Crippen LogP contribution in [0, 0.1) is 5.92 Å². The average Bonchev–Trinajstić information content (AvgIpc) is 2.48. The summed E-state index contributed by atoms with van der Waals surface area (Å²) in [4.78, 5) is 13.8. The maximum Gasteiger partial charge on any atom is 0.224 e. The lowest BCUT2D eigenvalue weighted by molar-refractivity contribution is -0.116. The van der Waals surface area contributed by atoms with Crippen molar-refractivity contribution >= 4 is 23.0 Å². The highest BCUT2D eigenvalue weighted by Gasteiger charge is 2.19. The van der Waals surface area contributed by atoms with E-state index in [9.17, 15) is 4.79 Å². The fourth-order valence-corrected chi connectivity index (χ4v) is 2.96. The minimum absolute atomic E-state index is 0.0824. The lowest BCUT2D eigenvalue weighted by Gasteiger charge is -2.30. The van der Waals surface area contributed by atoms with E-state index in [1.165, 1.54) is 18.4 Å². The Kier molecular flexibility index (Phi) is 5.10. The molecule has 1 amide bonds. The fourth-order valence-electron chi connectivity index (χ4n) is 2.96. The van der Waals surface area contributed by atoms with Crippen LogP contribution < -0.4 is 16.0 Å². The van der Waals surface area contributed by atoms with Crippen molar-refractivity contribution in [1.82, 2.24) is 0 Å². The Morgan fingerprint density at radius 2 is 1.95 bits per heavy atom. The third-order valence-electron chi connectivity index (χ3n) is 4.50. The minimum Gasteiger partial charge on any atom is -0.397 e. The monoisotopic (exact) mass is 289 g/mol. The van der Waals surface area contributed by atoms with E-state index < -0.39 is 0 Å². The molecule has 2 rings (SSSR count). The first-order valence-corrected chi connectivity index (χ1v) is 8.06. The number of aryl methyl sites for hydroxylation is 1. The predicted molar refractivity (Wildman–Crippen MR) is 89.8 cm³/mol. The smallest absolute Gasteiger partial charge is 0.224 e. The first-order chi connectivity index (χ1) is 10.1. The third kappa shape index (κ3) is 3.49. The van der Waals surface area contributed by atoms with E-state index in [0.29, 0.717) is 12.3 Å². The second kappa shape index (κ2) is 6.83. The van der Waals surface area contributed by atoms with Gasteiger partial charge in [-0.05, 0) is 37.0 Å². The summed E-state index contributed by atoms with van der Waals surface area (Å²) in [7, 11) is 0. The highest BCUT2D eigenvalue weighted by molar-refractivity contribution is 5.95. The Morgan fingerprint density at radius 3 is 2.57 bits per heavy atom. The summed E-state index contributed by atoms with van der Waals surface area (Å²) in [5.41, 5.74) is 10.2. The average molecular weight is 289 g/mol. The number of nitrogens with zero attached hydrogens (tertiary/aromatic N) is 1. The molecule has 3 N–H and O–H groups in total. The van der Waals surface area contributed by atoms with Crippen LogP contribution >= 0.6 is 0 Å². The van der Waals surface area contributed by atoms with E-state index in [4.69, 9.17) is 5.73 Å². The van der Waals surface area contributed by atoms with Gasteiger partial charge in [0.25, 0.3) is 0 Å². The Hall–Kier alpha value is -1.71. The van der Waals surface area contributed by atoms with Gasteiger partial charge in [-0.3, -0.25) is 4.79 Å². The van der Waals surface area contributed by atoms with Crippen molar-refractivity contribution in [3.05, 3.63) is 17.7 Å². The van der Waals surface area contributed by atoms with Gasteiger partial charge in [-0.15, -0.1) is 0 Å². The van der Waals surface area contributed by atoms with Crippen molar-refractivity contribution in [2.24, 2.45) is 5.92 Å². The van der Waals surface area contributed by atoms with Crippen LogP contribution in [0.3, 0.4) is 0 Å². The largest absolute Gasteiger partial charge is 0.397 e. The van der Waals surface area contributed by atoms with E-state index in [-0.39, 0.29) is 5.91 Å². The molecule has 0 aromatic heterocycles. The van der Waals surface area contributed by atoms with Gasteiger partial charge in [0.1, 0.15) is 0 Å². The van der Waals surface area contributed by atoms with Crippen LogP contribution in [0.25, 0.3) is 0 Å². The van der Waals surface area contributed by atoms with Crippen molar-refractivity contribution in [2.75, 3.05) is 29.0 Å². The van der Waals surface area contributed by atoms with Gasteiger partial charge < -0.3 is 16.0 Å². The van der Waals surface area contributed by atoms with E-state index >= 15 is 0 Å². The number of nitrogens with two attached hydrogens (primary N) is 1. The van der Waals surface area contributed by atoms with Gasteiger partial charge in [0, 0.05) is 25.2 Å². The van der Waals surface area contributed by atoms with Gasteiger partial charge in [-0.25, -0.2) is 0 Å². The molecule has 0 spiro atoms. The van der Waals surface area contributed by atoms with Gasteiger partial charge in [-0.2, -0.15) is 0 Å². The maximum atomic E-state index is 11.5. The predicted octanol–water partition coefficient (Wildman–Crippen LogP) is 3.42. The Labute approximate surface area is 127 Å².